The molecular formula is C23H30F2N4O3. The third kappa shape index (κ3) is 6.71. The number of benzene rings is 2. The molecule has 0 saturated carbocycles. The van der Waals surface area contributed by atoms with Crippen LogP contribution in [0.25, 0.3) is 0 Å². The fourth-order valence-electron chi connectivity index (χ4n) is 3.42. The van der Waals surface area contributed by atoms with E-state index in [0.717, 1.165) is 31.9 Å². The molecule has 7 nitrogen and oxygen atoms in total. The molecular weight excluding hydrogens is 418 g/mol. The van der Waals surface area contributed by atoms with Gasteiger partial charge in [0, 0.05) is 44.5 Å². The maximum Gasteiger partial charge on any atom is 0.387 e. The lowest BCUT2D eigenvalue weighted by Crippen LogP contribution is -2.37. The van der Waals surface area contributed by atoms with Crippen molar-refractivity contribution in [2.24, 2.45) is 4.99 Å². The zero-order chi connectivity index (χ0) is 22.8. The highest BCUT2D eigenvalue weighted by Crippen LogP contribution is 2.32. The van der Waals surface area contributed by atoms with E-state index in [1.165, 1.54) is 5.69 Å². The number of morpholine rings is 1. The zero-order valence-corrected chi connectivity index (χ0v) is 18.4. The van der Waals surface area contributed by atoms with E-state index in [4.69, 9.17) is 14.2 Å². The quantitative estimate of drug-likeness (QED) is 0.453. The molecule has 1 heterocycles. The predicted octanol–water partition coefficient (Wildman–Crippen LogP) is 3.39. The Morgan fingerprint density at radius 3 is 2.47 bits per heavy atom. The SMILES string of the molecule is CCOc1cccc(CNC(=NC)NCc2ccc(N3CCOCC3)cc2)c1OC(F)F. The van der Waals surface area contributed by atoms with Crippen LogP contribution in [0.4, 0.5) is 14.5 Å². The van der Waals surface area contributed by atoms with Crippen molar-refractivity contribution in [2.75, 3.05) is 44.9 Å². The fourth-order valence-corrected chi connectivity index (χ4v) is 3.42. The molecule has 0 bridgehead atoms. The van der Waals surface area contributed by atoms with Crippen LogP contribution in [-0.4, -0.2) is 52.5 Å². The van der Waals surface area contributed by atoms with Crippen LogP contribution in [0.15, 0.2) is 47.5 Å². The number of aliphatic imine (C=N–C) groups is 1. The van der Waals surface area contributed by atoms with Crippen LogP contribution < -0.4 is 25.0 Å². The van der Waals surface area contributed by atoms with E-state index < -0.39 is 6.61 Å². The van der Waals surface area contributed by atoms with Crippen molar-refractivity contribution in [3.05, 3.63) is 53.6 Å². The van der Waals surface area contributed by atoms with Gasteiger partial charge in [-0.1, -0.05) is 24.3 Å². The van der Waals surface area contributed by atoms with Crippen LogP contribution in [0, 0.1) is 0 Å². The zero-order valence-electron chi connectivity index (χ0n) is 18.4. The Hall–Kier alpha value is -3.07. The summed E-state index contributed by atoms with van der Waals surface area (Å²) >= 11 is 0. The second-order valence-electron chi connectivity index (χ2n) is 7.10. The Labute approximate surface area is 187 Å². The minimum Gasteiger partial charge on any atom is -0.490 e. The van der Waals surface area contributed by atoms with E-state index in [1.54, 1.807) is 32.2 Å². The molecule has 174 valence electrons. The summed E-state index contributed by atoms with van der Waals surface area (Å²) in [6.07, 6.45) is 0. The lowest BCUT2D eigenvalue weighted by atomic mass is 10.2. The van der Waals surface area contributed by atoms with Gasteiger partial charge >= 0.3 is 6.61 Å². The largest absolute Gasteiger partial charge is 0.490 e. The number of halogens is 2. The Kier molecular flexibility index (Phi) is 8.91. The summed E-state index contributed by atoms with van der Waals surface area (Å²) in [4.78, 5) is 6.51. The van der Waals surface area contributed by atoms with Gasteiger partial charge in [-0.3, -0.25) is 4.99 Å². The summed E-state index contributed by atoms with van der Waals surface area (Å²) < 4.78 is 41.3. The molecule has 3 rings (SSSR count). The van der Waals surface area contributed by atoms with Crippen molar-refractivity contribution in [2.45, 2.75) is 26.6 Å². The summed E-state index contributed by atoms with van der Waals surface area (Å²) in [5.74, 6) is 0.869. The second-order valence-corrected chi connectivity index (χ2v) is 7.10. The second kappa shape index (κ2) is 12.1. The first-order valence-corrected chi connectivity index (χ1v) is 10.7. The number of rotatable bonds is 9. The van der Waals surface area contributed by atoms with E-state index in [0.29, 0.717) is 24.7 Å². The van der Waals surface area contributed by atoms with E-state index in [1.807, 2.05) is 0 Å². The number of para-hydroxylation sites is 1. The summed E-state index contributed by atoms with van der Waals surface area (Å²) in [5, 5.41) is 6.38. The number of nitrogens with zero attached hydrogens (tertiary/aromatic N) is 2. The third-order valence-electron chi connectivity index (χ3n) is 5.01. The van der Waals surface area contributed by atoms with Crippen LogP contribution >= 0.6 is 0 Å². The Morgan fingerprint density at radius 1 is 1.09 bits per heavy atom. The van der Waals surface area contributed by atoms with E-state index in [9.17, 15) is 8.78 Å². The highest BCUT2D eigenvalue weighted by Gasteiger charge is 2.16. The topological polar surface area (TPSA) is 67.4 Å². The minimum absolute atomic E-state index is 0.0333. The van der Waals surface area contributed by atoms with Crippen LogP contribution in [0.3, 0.4) is 0 Å². The maximum atomic E-state index is 12.9. The number of anilines is 1. The van der Waals surface area contributed by atoms with Gasteiger partial charge in [-0.05, 0) is 30.7 Å². The van der Waals surface area contributed by atoms with Gasteiger partial charge in [0.15, 0.2) is 17.5 Å². The molecule has 0 amide bonds. The van der Waals surface area contributed by atoms with Gasteiger partial charge in [-0.25, -0.2) is 0 Å². The van der Waals surface area contributed by atoms with Gasteiger partial charge in [-0.15, -0.1) is 0 Å². The first-order chi connectivity index (χ1) is 15.6. The molecule has 0 atom stereocenters. The van der Waals surface area contributed by atoms with E-state index in [-0.39, 0.29) is 18.0 Å². The van der Waals surface area contributed by atoms with Crippen molar-refractivity contribution in [3.8, 4) is 11.5 Å². The lowest BCUT2D eigenvalue weighted by Gasteiger charge is -2.28. The van der Waals surface area contributed by atoms with Gasteiger partial charge in [0.1, 0.15) is 0 Å². The van der Waals surface area contributed by atoms with E-state index in [2.05, 4.69) is 44.8 Å². The van der Waals surface area contributed by atoms with Gasteiger partial charge in [0.25, 0.3) is 0 Å². The average molecular weight is 449 g/mol. The Bertz CT molecular complexity index is 872. The number of hydrogen-bond acceptors (Lipinski definition) is 5. The number of nitrogens with one attached hydrogen (secondary N) is 2. The van der Waals surface area contributed by atoms with Crippen molar-refractivity contribution >= 4 is 11.6 Å². The normalized spacial score (nSPS) is 14.4. The van der Waals surface area contributed by atoms with Gasteiger partial charge < -0.3 is 29.7 Å². The van der Waals surface area contributed by atoms with Crippen LogP contribution in [0.2, 0.25) is 0 Å². The fraction of sp³-hybridized carbons (Fsp3) is 0.435. The molecule has 1 aliphatic rings. The van der Waals surface area contributed by atoms with Gasteiger partial charge in [-0.2, -0.15) is 8.78 Å². The minimum atomic E-state index is -2.94. The standard InChI is InChI=1S/C23H30F2N4O3/c1-3-31-20-6-4-5-18(21(20)32-22(24)25)16-28-23(26-2)27-15-17-7-9-19(10-8-17)29-11-13-30-14-12-29/h4-10,22H,3,11-16H2,1-2H3,(H2,26,27,28). The first kappa shape index (κ1) is 23.6. The number of ether oxygens (including phenoxy) is 3. The van der Waals surface area contributed by atoms with Crippen molar-refractivity contribution < 1.29 is 23.0 Å². The Balaban J connectivity index is 1.56. The van der Waals surface area contributed by atoms with Gasteiger partial charge in [0.05, 0.1) is 19.8 Å². The van der Waals surface area contributed by atoms with Crippen molar-refractivity contribution in [1.29, 1.82) is 0 Å². The van der Waals surface area contributed by atoms with Crippen LogP contribution in [0.5, 0.6) is 11.5 Å². The molecule has 32 heavy (non-hydrogen) atoms. The average Bonchev–Trinajstić information content (AvgIpc) is 2.81. The molecule has 1 fully saturated rings. The summed E-state index contributed by atoms with van der Waals surface area (Å²) in [7, 11) is 1.66. The smallest absolute Gasteiger partial charge is 0.387 e. The van der Waals surface area contributed by atoms with Crippen LogP contribution in [-0.2, 0) is 17.8 Å². The van der Waals surface area contributed by atoms with Crippen molar-refractivity contribution in [3.63, 3.8) is 0 Å². The van der Waals surface area contributed by atoms with Gasteiger partial charge in [0.2, 0.25) is 0 Å². The predicted molar refractivity (Wildman–Crippen MR) is 121 cm³/mol. The highest BCUT2D eigenvalue weighted by atomic mass is 19.3. The summed E-state index contributed by atoms with van der Waals surface area (Å²) in [6.45, 7) is 3.33. The first-order valence-electron chi connectivity index (χ1n) is 10.7. The molecule has 2 aromatic carbocycles. The Morgan fingerprint density at radius 2 is 1.81 bits per heavy atom. The molecule has 2 N–H and O–H groups in total. The van der Waals surface area contributed by atoms with Crippen LogP contribution in [0.1, 0.15) is 18.1 Å². The monoisotopic (exact) mass is 448 g/mol. The lowest BCUT2D eigenvalue weighted by molar-refractivity contribution is -0.0520. The van der Waals surface area contributed by atoms with E-state index >= 15 is 0 Å². The number of hydrogen-bond donors (Lipinski definition) is 2. The molecule has 0 spiro atoms. The molecule has 1 aliphatic heterocycles. The molecule has 2 aromatic rings. The molecule has 0 aliphatic carbocycles. The number of guanidine groups is 1. The molecule has 0 unspecified atom stereocenters. The molecule has 9 heteroatoms. The third-order valence-corrected chi connectivity index (χ3v) is 5.01. The van der Waals surface area contributed by atoms with Crippen molar-refractivity contribution in [1.82, 2.24) is 10.6 Å². The summed E-state index contributed by atoms with van der Waals surface area (Å²) in [5.41, 5.74) is 2.83. The molecule has 1 saturated heterocycles. The number of alkyl halides is 2. The summed E-state index contributed by atoms with van der Waals surface area (Å²) in [6, 6.07) is 13.4. The molecule has 0 aromatic heterocycles. The molecule has 0 radical (unpaired) electrons. The highest BCUT2D eigenvalue weighted by molar-refractivity contribution is 5.79. The maximum absolute atomic E-state index is 12.9.